The van der Waals surface area contributed by atoms with E-state index in [1.54, 1.807) is 0 Å². The van der Waals surface area contributed by atoms with E-state index in [1.807, 2.05) is 0 Å². The fraction of sp³-hybridized carbons (Fsp3) is 1.00. The first-order chi connectivity index (χ1) is 8.26. The number of hydrogen-bond acceptors (Lipinski definition) is 4. The zero-order chi connectivity index (χ0) is 11.7. The molecular weight excluding hydrogens is 218 g/mol. The van der Waals surface area contributed by atoms with Crippen molar-refractivity contribution >= 4 is 0 Å². The summed E-state index contributed by atoms with van der Waals surface area (Å²) in [6.45, 7) is 4.69. The maximum atomic E-state index is 9.50. The van der Waals surface area contributed by atoms with Gasteiger partial charge in [-0.1, -0.05) is 0 Å². The summed E-state index contributed by atoms with van der Waals surface area (Å²) in [5.74, 6) is 0.490. The van der Waals surface area contributed by atoms with Gasteiger partial charge in [0, 0.05) is 19.5 Å². The molecule has 2 aliphatic heterocycles. The Bertz CT molecular complexity index is 257. The maximum Gasteiger partial charge on any atom is 0.182 e. The van der Waals surface area contributed by atoms with E-state index in [2.05, 4.69) is 4.90 Å². The van der Waals surface area contributed by atoms with E-state index >= 15 is 0 Å². The lowest BCUT2D eigenvalue weighted by Gasteiger charge is -2.29. The summed E-state index contributed by atoms with van der Waals surface area (Å²) >= 11 is 0. The van der Waals surface area contributed by atoms with Gasteiger partial charge in [-0.2, -0.15) is 0 Å². The van der Waals surface area contributed by atoms with Gasteiger partial charge in [0.2, 0.25) is 0 Å². The quantitative estimate of drug-likeness (QED) is 0.783. The number of nitrogens with zero attached hydrogens (tertiary/aromatic N) is 1. The van der Waals surface area contributed by atoms with E-state index in [0.717, 1.165) is 58.0 Å². The SMILES string of the molecule is OC1CCC(CN2CCC3(C2)OCCO3)CC1. The van der Waals surface area contributed by atoms with Crippen LogP contribution in [0, 0.1) is 5.92 Å². The molecule has 0 unspecified atom stereocenters. The van der Waals surface area contributed by atoms with Crippen LogP contribution in [0.3, 0.4) is 0 Å². The van der Waals surface area contributed by atoms with Crippen molar-refractivity contribution in [1.29, 1.82) is 0 Å². The van der Waals surface area contributed by atoms with Crippen molar-refractivity contribution < 1.29 is 14.6 Å². The summed E-state index contributed by atoms with van der Waals surface area (Å²) in [6.07, 6.45) is 5.28. The van der Waals surface area contributed by atoms with Crippen LogP contribution in [0.2, 0.25) is 0 Å². The molecule has 1 saturated carbocycles. The van der Waals surface area contributed by atoms with Crippen LogP contribution in [0.4, 0.5) is 0 Å². The minimum Gasteiger partial charge on any atom is -0.393 e. The van der Waals surface area contributed by atoms with Crippen LogP contribution >= 0.6 is 0 Å². The van der Waals surface area contributed by atoms with Crippen LogP contribution < -0.4 is 0 Å². The highest BCUT2D eigenvalue weighted by Gasteiger charge is 2.43. The molecule has 0 amide bonds. The largest absolute Gasteiger partial charge is 0.393 e. The van der Waals surface area contributed by atoms with Crippen LogP contribution in [0.5, 0.6) is 0 Å². The van der Waals surface area contributed by atoms with Gasteiger partial charge in [0.05, 0.1) is 25.9 Å². The molecule has 0 radical (unpaired) electrons. The molecule has 0 atom stereocenters. The first kappa shape index (κ1) is 11.9. The number of aliphatic hydroxyl groups is 1. The Kier molecular flexibility index (Phi) is 3.39. The third-order valence-electron chi connectivity index (χ3n) is 4.42. The summed E-state index contributed by atoms with van der Waals surface area (Å²) in [6, 6.07) is 0. The van der Waals surface area contributed by atoms with Crippen LogP contribution in [-0.2, 0) is 9.47 Å². The summed E-state index contributed by atoms with van der Waals surface area (Å²) < 4.78 is 11.5. The Hall–Kier alpha value is -0.160. The summed E-state index contributed by atoms with van der Waals surface area (Å²) in [5, 5.41) is 9.50. The highest BCUT2D eigenvalue weighted by molar-refractivity contribution is 4.88. The zero-order valence-corrected chi connectivity index (χ0v) is 10.4. The first-order valence-electron chi connectivity index (χ1n) is 6.94. The first-order valence-corrected chi connectivity index (χ1v) is 6.94. The Morgan fingerprint density at radius 3 is 2.53 bits per heavy atom. The van der Waals surface area contributed by atoms with Crippen LogP contribution in [0.1, 0.15) is 32.1 Å². The van der Waals surface area contributed by atoms with Gasteiger partial charge in [0.25, 0.3) is 0 Å². The molecule has 17 heavy (non-hydrogen) atoms. The van der Waals surface area contributed by atoms with E-state index in [0.29, 0.717) is 0 Å². The third-order valence-corrected chi connectivity index (χ3v) is 4.42. The predicted octanol–water partition coefficient (Wildman–Crippen LogP) is 0.986. The fourth-order valence-electron chi connectivity index (χ4n) is 3.41. The van der Waals surface area contributed by atoms with E-state index in [4.69, 9.17) is 9.47 Å². The molecule has 4 heteroatoms. The summed E-state index contributed by atoms with van der Waals surface area (Å²) in [5.41, 5.74) is 0. The molecule has 3 rings (SSSR count). The molecule has 3 fully saturated rings. The Morgan fingerprint density at radius 1 is 1.12 bits per heavy atom. The number of ether oxygens (including phenoxy) is 2. The molecule has 4 nitrogen and oxygen atoms in total. The second-order valence-corrected chi connectivity index (χ2v) is 5.77. The van der Waals surface area contributed by atoms with Crippen molar-refractivity contribution in [3.05, 3.63) is 0 Å². The minimum absolute atomic E-state index is 0.0438. The van der Waals surface area contributed by atoms with Gasteiger partial charge in [-0.05, 0) is 31.6 Å². The topological polar surface area (TPSA) is 41.9 Å². The lowest BCUT2D eigenvalue weighted by atomic mass is 9.87. The van der Waals surface area contributed by atoms with Gasteiger partial charge in [0.15, 0.2) is 5.79 Å². The number of likely N-dealkylation sites (tertiary alicyclic amines) is 1. The Morgan fingerprint density at radius 2 is 1.82 bits per heavy atom. The Balaban J connectivity index is 1.47. The average Bonchev–Trinajstić information content (AvgIpc) is 2.94. The van der Waals surface area contributed by atoms with Crippen molar-refractivity contribution in [1.82, 2.24) is 4.90 Å². The molecule has 0 aromatic carbocycles. The number of rotatable bonds is 2. The van der Waals surface area contributed by atoms with Gasteiger partial charge < -0.3 is 14.6 Å². The van der Waals surface area contributed by atoms with Crippen molar-refractivity contribution in [3.63, 3.8) is 0 Å². The molecule has 1 aliphatic carbocycles. The third kappa shape index (κ3) is 2.65. The molecular formula is C13H23NO3. The van der Waals surface area contributed by atoms with E-state index in [1.165, 1.54) is 12.8 Å². The summed E-state index contributed by atoms with van der Waals surface area (Å²) in [7, 11) is 0. The standard InChI is InChI=1S/C13H23NO3/c15-12-3-1-11(2-4-12)9-14-6-5-13(10-14)16-7-8-17-13/h11-12,15H,1-10H2. The highest BCUT2D eigenvalue weighted by Crippen LogP contribution is 2.32. The van der Waals surface area contributed by atoms with Crippen molar-refractivity contribution in [3.8, 4) is 0 Å². The van der Waals surface area contributed by atoms with Crippen molar-refractivity contribution in [2.75, 3.05) is 32.8 Å². The molecule has 0 bridgehead atoms. The van der Waals surface area contributed by atoms with Gasteiger partial charge in [-0.3, -0.25) is 4.90 Å². The van der Waals surface area contributed by atoms with Crippen molar-refractivity contribution in [2.24, 2.45) is 5.92 Å². The lowest BCUT2D eigenvalue weighted by molar-refractivity contribution is -0.145. The molecule has 0 aromatic heterocycles. The number of aliphatic hydroxyl groups excluding tert-OH is 1. The Labute approximate surface area is 103 Å². The van der Waals surface area contributed by atoms with Crippen LogP contribution in [-0.4, -0.2) is 54.7 Å². The smallest absolute Gasteiger partial charge is 0.182 e. The number of hydrogen-bond donors (Lipinski definition) is 1. The molecule has 3 aliphatic rings. The lowest BCUT2D eigenvalue weighted by Crippen LogP contribution is -2.37. The highest BCUT2D eigenvalue weighted by atomic mass is 16.7. The molecule has 1 N–H and O–H groups in total. The van der Waals surface area contributed by atoms with Gasteiger partial charge >= 0.3 is 0 Å². The van der Waals surface area contributed by atoms with E-state index in [-0.39, 0.29) is 11.9 Å². The molecule has 1 spiro atoms. The molecule has 0 aromatic rings. The van der Waals surface area contributed by atoms with Crippen molar-refractivity contribution in [2.45, 2.75) is 44.0 Å². The second-order valence-electron chi connectivity index (χ2n) is 5.77. The monoisotopic (exact) mass is 241 g/mol. The summed E-state index contributed by atoms with van der Waals surface area (Å²) in [4.78, 5) is 2.48. The van der Waals surface area contributed by atoms with Gasteiger partial charge in [-0.15, -0.1) is 0 Å². The fourth-order valence-corrected chi connectivity index (χ4v) is 3.41. The normalized spacial score (nSPS) is 37.9. The van der Waals surface area contributed by atoms with Crippen LogP contribution in [0.15, 0.2) is 0 Å². The molecule has 98 valence electrons. The predicted molar refractivity (Wildman–Crippen MR) is 63.7 cm³/mol. The molecule has 2 saturated heterocycles. The zero-order valence-electron chi connectivity index (χ0n) is 10.4. The maximum absolute atomic E-state index is 9.50. The average molecular weight is 241 g/mol. The molecule has 2 heterocycles. The minimum atomic E-state index is -0.270. The van der Waals surface area contributed by atoms with Crippen LogP contribution in [0.25, 0.3) is 0 Å². The van der Waals surface area contributed by atoms with Gasteiger partial charge in [0.1, 0.15) is 0 Å². The van der Waals surface area contributed by atoms with E-state index < -0.39 is 0 Å². The van der Waals surface area contributed by atoms with Gasteiger partial charge in [-0.25, -0.2) is 0 Å². The van der Waals surface area contributed by atoms with E-state index in [9.17, 15) is 5.11 Å². The second kappa shape index (κ2) is 4.84.